The van der Waals surface area contributed by atoms with Crippen LogP contribution in [0.3, 0.4) is 0 Å². The van der Waals surface area contributed by atoms with E-state index in [1.54, 1.807) is 24.6 Å². The third-order valence-electron chi connectivity index (χ3n) is 3.80. The quantitative estimate of drug-likeness (QED) is 0.693. The summed E-state index contributed by atoms with van der Waals surface area (Å²) < 4.78 is 48.3. The van der Waals surface area contributed by atoms with Gasteiger partial charge in [-0.15, -0.1) is 0 Å². The summed E-state index contributed by atoms with van der Waals surface area (Å²) >= 11 is 0. The molecule has 8 nitrogen and oxygen atoms in total. The van der Waals surface area contributed by atoms with Gasteiger partial charge in [-0.1, -0.05) is 12.1 Å². The molecule has 0 aliphatic rings. The van der Waals surface area contributed by atoms with Gasteiger partial charge in [-0.2, -0.15) is 5.10 Å². The number of aryl methyl sites for hydroxylation is 2. The van der Waals surface area contributed by atoms with Crippen LogP contribution < -0.4 is 9.46 Å². The van der Waals surface area contributed by atoms with Gasteiger partial charge in [-0.05, 0) is 32.9 Å². The first-order valence-corrected chi connectivity index (χ1v) is 9.61. The lowest BCUT2D eigenvalue weighted by Gasteiger charge is -2.09. The van der Waals surface area contributed by atoms with E-state index in [0.29, 0.717) is 17.9 Å². The van der Waals surface area contributed by atoms with Crippen molar-refractivity contribution in [3.63, 3.8) is 0 Å². The number of anilines is 1. The van der Waals surface area contributed by atoms with E-state index in [2.05, 4.69) is 19.8 Å². The first-order chi connectivity index (χ1) is 12.8. The molecule has 0 bridgehead atoms. The third-order valence-corrected chi connectivity index (χ3v) is 5.43. The summed E-state index contributed by atoms with van der Waals surface area (Å²) in [5.74, 6) is -0.575. The number of rotatable bonds is 6. The Balaban J connectivity index is 1.80. The van der Waals surface area contributed by atoms with Gasteiger partial charge in [-0.25, -0.2) is 22.8 Å². The molecule has 2 aromatic heterocycles. The number of para-hydroxylation sites is 1. The Labute approximate surface area is 156 Å². The van der Waals surface area contributed by atoms with E-state index in [4.69, 9.17) is 4.74 Å². The molecular weight excluding hydrogens is 373 g/mol. The number of hydrogen-bond donors (Lipinski definition) is 1. The van der Waals surface area contributed by atoms with Crippen LogP contribution in [0.4, 0.5) is 10.1 Å². The molecule has 0 radical (unpaired) electrons. The zero-order chi connectivity index (χ0) is 19.6. The van der Waals surface area contributed by atoms with Crippen LogP contribution >= 0.6 is 0 Å². The summed E-state index contributed by atoms with van der Waals surface area (Å²) in [5, 5.41) is 4.22. The average Bonchev–Trinajstić information content (AvgIpc) is 2.92. The van der Waals surface area contributed by atoms with Crippen molar-refractivity contribution in [2.75, 3.05) is 4.72 Å². The van der Waals surface area contributed by atoms with Crippen molar-refractivity contribution in [1.29, 1.82) is 0 Å². The number of benzene rings is 1. The first kappa shape index (κ1) is 18.8. The average molecular weight is 391 g/mol. The van der Waals surface area contributed by atoms with Gasteiger partial charge >= 0.3 is 6.01 Å². The molecule has 2 heterocycles. The van der Waals surface area contributed by atoms with Gasteiger partial charge in [0.1, 0.15) is 4.90 Å². The van der Waals surface area contributed by atoms with Crippen molar-refractivity contribution < 1.29 is 17.5 Å². The highest BCUT2D eigenvalue weighted by Crippen LogP contribution is 2.24. The minimum atomic E-state index is -3.86. The van der Waals surface area contributed by atoms with Crippen LogP contribution in [-0.2, 0) is 16.6 Å². The maximum atomic E-state index is 13.6. The second-order valence-corrected chi connectivity index (χ2v) is 7.33. The molecule has 0 fully saturated rings. The van der Waals surface area contributed by atoms with Gasteiger partial charge in [-0.3, -0.25) is 9.40 Å². The molecule has 0 unspecified atom stereocenters. The summed E-state index contributed by atoms with van der Waals surface area (Å²) in [5.41, 5.74) is 1.10. The highest BCUT2D eigenvalue weighted by molar-refractivity contribution is 7.92. The van der Waals surface area contributed by atoms with Crippen LogP contribution in [0.25, 0.3) is 0 Å². The fourth-order valence-electron chi connectivity index (χ4n) is 2.63. The fraction of sp³-hybridized carbons (Fsp3) is 0.235. The molecule has 1 aromatic carbocycles. The number of halogens is 1. The highest BCUT2D eigenvalue weighted by Gasteiger charge is 2.24. The lowest BCUT2D eigenvalue weighted by atomic mass is 10.3. The Morgan fingerprint density at radius 3 is 2.44 bits per heavy atom. The molecular formula is C17H18FN5O3S. The van der Waals surface area contributed by atoms with Crippen LogP contribution in [-0.4, -0.2) is 28.2 Å². The number of sulfonamides is 1. The molecule has 0 spiro atoms. The lowest BCUT2D eigenvalue weighted by molar-refractivity contribution is 0.411. The van der Waals surface area contributed by atoms with Crippen molar-refractivity contribution in [2.24, 2.45) is 0 Å². The largest absolute Gasteiger partial charge is 0.421 e. The molecule has 3 rings (SSSR count). The Morgan fingerprint density at radius 1 is 1.19 bits per heavy atom. The predicted octanol–water partition coefficient (Wildman–Crippen LogP) is 3.04. The molecule has 0 atom stereocenters. The molecule has 0 aliphatic heterocycles. The smallest absolute Gasteiger partial charge is 0.322 e. The Kier molecular flexibility index (Phi) is 5.08. The van der Waals surface area contributed by atoms with Gasteiger partial charge in [0, 0.05) is 6.54 Å². The SMILES string of the molecule is CCn1nc(C)c(S(=O)(=O)Nc2cnc(Oc3ccccc3F)nc2)c1C. The van der Waals surface area contributed by atoms with E-state index >= 15 is 0 Å². The molecule has 0 saturated heterocycles. The summed E-state index contributed by atoms with van der Waals surface area (Å²) in [6.07, 6.45) is 2.49. The summed E-state index contributed by atoms with van der Waals surface area (Å²) in [7, 11) is -3.86. The molecule has 3 aromatic rings. The van der Waals surface area contributed by atoms with Gasteiger partial charge in [0.15, 0.2) is 11.6 Å². The van der Waals surface area contributed by atoms with Crippen molar-refractivity contribution in [3.8, 4) is 11.8 Å². The minimum absolute atomic E-state index is 0.0240. The van der Waals surface area contributed by atoms with E-state index in [9.17, 15) is 12.8 Å². The number of nitrogens with one attached hydrogen (secondary N) is 1. The summed E-state index contributed by atoms with van der Waals surface area (Å²) in [6.45, 7) is 5.77. The van der Waals surface area contributed by atoms with Crippen LogP contribution in [0.1, 0.15) is 18.3 Å². The molecule has 142 valence electrons. The number of nitrogens with zero attached hydrogens (tertiary/aromatic N) is 4. The monoisotopic (exact) mass is 391 g/mol. The lowest BCUT2D eigenvalue weighted by Crippen LogP contribution is -2.15. The number of aromatic nitrogens is 4. The zero-order valence-electron chi connectivity index (χ0n) is 15.0. The molecule has 10 heteroatoms. The molecule has 0 aliphatic carbocycles. The highest BCUT2D eigenvalue weighted by atomic mass is 32.2. The Hall–Kier alpha value is -3.01. The van der Waals surface area contributed by atoms with Crippen LogP contribution in [0, 0.1) is 19.7 Å². The normalized spacial score (nSPS) is 11.4. The Bertz CT molecular complexity index is 1060. The van der Waals surface area contributed by atoms with E-state index in [1.807, 2.05) is 6.92 Å². The maximum Gasteiger partial charge on any atom is 0.322 e. The van der Waals surface area contributed by atoms with Crippen LogP contribution in [0.2, 0.25) is 0 Å². The van der Waals surface area contributed by atoms with E-state index in [0.717, 1.165) is 0 Å². The van der Waals surface area contributed by atoms with E-state index < -0.39 is 15.8 Å². The van der Waals surface area contributed by atoms with Crippen molar-refractivity contribution in [2.45, 2.75) is 32.2 Å². The standard InChI is InChI=1S/C17H18FN5O3S/c1-4-23-12(3)16(11(2)21-23)27(24,25)22-13-9-19-17(20-10-13)26-15-8-6-5-7-14(15)18/h5-10,22H,4H2,1-3H3. The third kappa shape index (κ3) is 3.90. The van der Waals surface area contributed by atoms with E-state index in [-0.39, 0.29) is 22.3 Å². The topological polar surface area (TPSA) is 99.0 Å². The molecule has 27 heavy (non-hydrogen) atoms. The van der Waals surface area contributed by atoms with Crippen molar-refractivity contribution in [3.05, 3.63) is 53.9 Å². The van der Waals surface area contributed by atoms with E-state index in [1.165, 1.54) is 30.6 Å². The zero-order valence-corrected chi connectivity index (χ0v) is 15.8. The molecule has 1 N–H and O–H groups in total. The first-order valence-electron chi connectivity index (χ1n) is 8.13. The maximum absolute atomic E-state index is 13.6. The second kappa shape index (κ2) is 7.31. The van der Waals surface area contributed by atoms with Gasteiger partial charge < -0.3 is 4.74 Å². The van der Waals surface area contributed by atoms with Gasteiger partial charge in [0.25, 0.3) is 10.0 Å². The van der Waals surface area contributed by atoms with Crippen LogP contribution in [0.5, 0.6) is 11.8 Å². The second-order valence-electron chi connectivity index (χ2n) is 5.71. The molecule has 0 saturated carbocycles. The Morgan fingerprint density at radius 2 is 1.85 bits per heavy atom. The summed E-state index contributed by atoms with van der Waals surface area (Å²) in [6, 6.07) is 5.73. The fourth-order valence-corrected chi connectivity index (χ4v) is 4.07. The minimum Gasteiger partial charge on any atom is -0.421 e. The van der Waals surface area contributed by atoms with Crippen molar-refractivity contribution in [1.82, 2.24) is 19.7 Å². The predicted molar refractivity (Wildman–Crippen MR) is 96.7 cm³/mol. The summed E-state index contributed by atoms with van der Waals surface area (Å²) in [4.78, 5) is 7.94. The van der Waals surface area contributed by atoms with Crippen LogP contribution in [0.15, 0.2) is 41.6 Å². The number of ether oxygens (including phenoxy) is 1. The van der Waals surface area contributed by atoms with Crippen molar-refractivity contribution >= 4 is 15.7 Å². The molecule has 0 amide bonds. The number of hydrogen-bond acceptors (Lipinski definition) is 6. The van der Waals surface area contributed by atoms with Gasteiger partial charge in [0.2, 0.25) is 0 Å². The van der Waals surface area contributed by atoms with Gasteiger partial charge in [0.05, 0.1) is 29.5 Å².